The van der Waals surface area contributed by atoms with E-state index in [1.165, 1.54) is 21.3 Å². The van der Waals surface area contributed by atoms with Crippen molar-refractivity contribution in [2.45, 2.75) is 135 Å². The van der Waals surface area contributed by atoms with Crippen LogP contribution in [0.15, 0.2) is 77.4 Å². The first kappa shape index (κ1) is 51.3. The normalized spacial score (nSPS) is 16.6. The van der Waals surface area contributed by atoms with E-state index in [2.05, 4.69) is 41.6 Å². The zero-order valence-corrected chi connectivity index (χ0v) is 41.0. The second-order valence-electron chi connectivity index (χ2n) is 19.4. The Labute approximate surface area is 404 Å². The highest BCUT2D eigenvalue weighted by molar-refractivity contribution is 7.14. The lowest BCUT2D eigenvalue weighted by Crippen LogP contribution is -2.70. The fraction of sp³-hybridized carbons (Fsp3) is 0.489. The molecule has 22 heteroatoms. The fourth-order valence-corrected chi connectivity index (χ4v) is 7.26. The average molecular weight is 973 g/mol. The molecule has 6 rings (SSSR count). The van der Waals surface area contributed by atoms with E-state index >= 15 is 0 Å². The molecule has 2 fully saturated rings. The first-order valence-electron chi connectivity index (χ1n) is 22.4. The molecule has 1 aliphatic carbocycles. The Morgan fingerprint density at radius 1 is 0.884 bits per heavy atom. The van der Waals surface area contributed by atoms with Crippen molar-refractivity contribution >= 4 is 58.2 Å². The summed E-state index contributed by atoms with van der Waals surface area (Å²) < 4.78 is 22.4. The van der Waals surface area contributed by atoms with Gasteiger partial charge in [-0.05, 0) is 79.9 Å². The van der Waals surface area contributed by atoms with Crippen LogP contribution in [0.4, 0.5) is 19.5 Å². The molecule has 370 valence electrons. The van der Waals surface area contributed by atoms with Crippen LogP contribution in [-0.4, -0.2) is 114 Å². The van der Waals surface area contributed by atoms with E-state index in [1.54, 1.807) is 62.3 Å². The lowest BCUT2D eigenvalue weighted by atomic mass is 9.98. The molecule has 21 nitrogen and oxygen atoms in total. The number of benzene rings is 2. The highest BCUT2D eigenvalue weighted by Gasteiger charge is 2.56. The number of amides is 5. The monoisotopic (exact) mass is 972 g/mol. The Hall–Kier alpha value is -7.10. The van der Waals surface area contributed by atoms with Crippen LogP contribution in [0.5, 0.6) is 0 Å². The van der Waals surface area contributed by atoms with E-state index in [0.29, 0.717) is 12.1 Å². The summed E-state index contributed by atoms with van der Waals surface area (Å²) in [5.41, 5.74) is -2.28. The van der Waals surface area contributed by atoms with Gasteiger partial charge in [0, 0.05) is 31.3 Å². The van der Waals surface area contributed by atoms with Crippen molar-refractivity contribution in [3.05, 3.63) is 94.8 Å². The van der Waals surface area contributed by atoms with Crippen LogP contribution in [0.25, 0.3) is 0 Å². The number of nitrogens with one attached hydrogen (secondary N) is 4. The summed E-state index contributed by atoms with van der Waals surface area (Å²) in [6.45, 7) is 16.1. The van der Waals surface area contributed by atoms with E-state index in [0.717, 1.165) is 22.5 Å². The number of hydrogen-bond donors (Lipinski definition) is 4. The minimum Gasteiger partial charge on any atom is -0.450 e. The maximum Gasteiger partial charge on any atom is 0.413 e. The second-order valence-corrected chi connectivity index (χ2v) is 20.3. The SMILES string of the molecule is CC(C)(C)OC(=O)NCCCN(Cc1cnn(C[C@@H]2NC(=O)[C@H]2NC(=O)C(=NOC2(C(=O)OC(c3ccccc3)c3ccccc3)CC2)c2csc(NC(=O)OC(C)(C)C)n2)n1)C(=O)OC(C)(C)C. The maximum atomic E-state index is 14.2. The molecule has 69 heavy (non-hydrogen) atoms. The van der Waals surface area contributed by atoms with Crippen LogP contribution in [0.2, 0.25) is 0 Å². The van der Waals surface area contributed by atoms with Crippen LogP contribution < -0.4 is 21.3 Å². The Balaban J connectivity index is 1.15. The highest BCUT2D eigenvalue weighted by atomic mass is 32.1. The second kappa shape index (κ2) is 21.5. The van der Waals surface area contributed by atoms with Gasteiger partial charge in [-0.3, -0.25) is 14.9 Å². The van der Waals surface area contributed by atoms with E-state index in [-0.39, 0.29) is 55.6 Å². The number of aromatic nitrogens is 4. The highest BCUT2D eigenvalue weighted by Crippen LogP contribution is 2.43. The Kier molecular flexibility index (Phi) is 16.0. The zero-order valence-electron chi connectivity index (χ0n) is 40.2. The smallest absolute Gasteiger partial charge is 0.413 e. The first-order chi connectivity index (χ1) is 32.5. The van der Waals surface area contributed by atoms with Crippen LogP contribution >= 0.6 is 11.3 Å². The number of thiazole rings is 1. The molecule has 4 N–H and O–H groups in total. The van der Waals surface area contributed by atoms with Crippen LogP contribution in [0.3, 0.4) is 0 Å². The molecule has 1 saturated carbocycles. The molecule has 2 aromatic heterocycles. The van der Waals surface area contributed by atoms with Gasteiger partial charge in [0.1, 0.15) is 34.2 Å². The molecule has 4 aromatic rings. The first-order valence-corrected chi connectivity index (χ1v) is 23.3. The molecule has 5 amide bonds. The van der Waals surface area contributed by atoms with Gasteiger partial charge in [-0.1, -0.05) is 65.8 Å². The predicted molar refractivity (Wildman–Crippen MR) is 252 cm³/mol. The topological polar surface area (TPSA) is 256 Å². The lowest BCUT2D eigenvalue weighted by Gasteiger charge is -2.36. The predicted octanol–water partition coefficient (Wildman–Crippen LogP) is 6.00. The van der Waals surface area contributed by atoms with Gasteiger partial charge in [-0.25, -0.2) is 24.2 Å². The molecule has 2 atom stereocenters. The molecule has 2 aromatic carbocycles. The van der Waals surface area contributed by atoms with Crippen molar-refractivity contribution in [1.29, 1.82) is 0 Å². The molecule has 0 bridgehead atoms. The number of ether oxygens (including phenoxy) is 4. The largest absolute Gasteiger partial charge is 0.450 e. The number of carbonyl (C=O) groups is 6. The summed E-state index contributed by atoms with van der Waals surface area (Å²) in [6.07, 6.45) is -0.354. The summed E-state index contributed by atoms with van der Waals surface area (Å²) in [4.78, 5) is 92.1. The minimum absolute atomic E-state index is 0.0188. The molecule has 0 radical (unpaired) electrons. The fourth-order valence-electron chi connectivity index (χ4n) is 6.58. The minimum atomic E-state index is -1.52. The Morgan fingerprint density at radius 3 is 2.07 bits per heavy atom. The number of nitrogens with zero attached hydrogens (tertiary/aromatic N) is 6. The summed E-state index contributed by atoms with van der Waals surface area (Å²) in [5.74, 6) is -2.06. The van der Waals surface area contributed by atoms with Crippen molar-refractivity contribution in [2.75, 3.05) is 18.4 Å². The third kappa shape index (κ3) is 15.2. The number of oxime groups is 1. The molecule has 0 spiro atoms. The van der Waals surface area contributed by atoms with Crippen molar-refractivity contribution in [3.8, 4) is 0 Å². The maximum absolute atomic E-state index is 14.2. The van der Waals surface area contributed by atoms with E-state index < -0.39 is 76.7 Å². The summed E-state index contributed by atoms with van der Waals surface area (Å²) >= 11 is 0.984. The van der Waals surface area contributed by atoms with Crippen molar-refractivity contribution < 1.29 is 52.6 Å². The third-order valence-electron chi connectivity index (χ3n) is 9.91. The number of carbonyl (C=O) groups excluding carboxylic acids is 6. The van der Waals surface area contributed by atoms with Gasteiger partial charge in [0.25, 0.3) is 5.91 Å². The van der Waals surface area contributed by atoms with Gasteiger partial charge in [-0.15, -0.1) is 11.3 Å². The summed E-state index contributed by atoms with van der Waals surface area (Å²) in [7, 11) is 0. The van der Waals surface area contributed by atoms with Crippen molar-refractivity contribution in [3.63, 3.8) is 0 Å². The lowest BCUT2D eigenvalue weighted by molar-refractivity contribution is -0.164. The number of anilines is 1. The van der Waals surface area contributed by atoms with Gasteiger partial charge in [0.05, 0.1) is 25.3 Å². The summed E-state index contributed by atoms with van der Waals surface area (Å²) in [6, 6.07) is 16.7. The van der Waals surface area contributed by atoms with Crippen LogP contribution in [0, 0.1) is 0 Å². The molecule has 3 heterocycles. The quantitative estimate of drug-likeness (QED) is 0.0223. The van der Waals surface area contributed by atoms with E-state index in [4.69, 9.17) is 23.8 Å². The average Bonchev–Trinajstić information content (AvgIpc) is 3.70. The molecular weight excluding hydrogens is 913 g/mol. The van der Waals surface area contributed by atoms with Crippen LogP contribution in [0.1, 0.15) is 110 Å². The van der Waals surface area contributed by atoms with Gasteiger partial charge < -0.3 is 44.6 Å². The van der Waals surface area contributed by atoms with Crippen molar-refractivity contribution in [1.82, 2.24) is 40.8 Å². The summed E-state index contributed by atoms with van der Waals surface area (Å²) in [5, 5.41) is 25.3. The van der Waals surface area contributed by atoms with E-state index in [1.807, 2.05) is 60.7 Å². The molecular formula is C47H60N10O11S. The third-order valence-corrected chi connectivity index (χ3v) is 10.7. The molecule has 2 aliphatic rings. The number of alkyl carbamates (subject to hydrolysis) is 1. The van der Waals surface area contributed by atoms with Gasteiger partial charge in [-0.2, -0.15) is 15.0 Å². The number of rotatable bonds is 18. The van der Waals surface area contributed by atoms with Gasteiger partial charge >= 0.3 is 24.2 Å². The Morgan fingerprint density at radius 2 is 1.49 bits per heavy atom. The molecule has 1 aliphatic heterocycles. The Bertz CT molecular complexity index is 2450. The zero-order chi connectivity index (χ0) is 50.1. The number of hydrogen-bond acceptors (Lipinski definition) is 16. The standard InChI is InChI=1S/C47H60N10O11S/c1-44(2,3)65-41(61)48-23-16-24-56(43(63)67-46(7,8)9)26-31-25-49-57(54-31)27-32-34(37(58)50-32)52-38(59)35(33-28-69-40(51-33)53-42(62)66-45(4,5)6)55-68-47(21-22-47)39(60)64-36(29-17-12-10-13-18-29)30-19-14-11-15-20-30/h10-15,17-20,25,28,32,34,36H,16,21-24,26-27H2,1-9H3,(H,48,61)(H,50,58)(H,52,59)(H,51,53,62)/t32-,34-/m0/s1. The number of esters is 1. The van der Waals surface area contributed by atoms with Gasteiger partial charge in [0.15, 0.2) is 16.9 Å². The van der Waals surface area contributed by atoms with Crippen LogP contribution in [-0.2, 0) is 51.3 Å². The molecule has 1 saturated heterocycles. The van der Waals surface area contributed by atoms with Gasteiger partial charge in [0.2, 0.25) is 11.5 Å². The molecule has 0 unspecified atom stereocenters. The number of β-lactam (4-membered cyclic amide) rings is 1. The van der Waals surface area contributed by atoms with E-state index in [9.17, 15) is 28.8 Å². The van der Waals surface area contributed by atoms with Crippen molar-refractivity contribution in [2.24, 2.45) is 5.16 Å².